The maximum Gasteiger partial charge on any atom is 0.0912 e. The van der Waals surface area contributed by atoms with Crippen molar-refractivity contribution in [2.75, 3.05) is 0 Å². The number of hydrogen-bond donors (Lipinski definition) is 0. The number of rotatable bonds is 7. The first kappa shape index (κ1) is 18.3. The lowest BCUT2D eigenvalue weighted by Crippen LogP contribution is -2.25. The molecule has 2 rings (SSSR count). The maximum absolute atomic E-state index is 8.43. The van der Waals surface area contributed by atoms with Gasteiger partial charge in [-0.05, 0) is 62.2 Å². The van der Waals surface area contributed by atoms with Gasteiger partial charge in [0.1, 0.15) is 0 Å². The molecule has 0 unspecified atom stereocenters. The molecule has 0 aromatic heterocycles. The third-order valence-electron chi connectivity index (χ3n) is 6.31. The van der Waals surface area contributed by atoms with Gasteiger partial charge in [0.05, 0.1) is 6.07 Å². The average Bonchev–Trinajstić information content (AvgIpc) is 2.60. The third kappa shape index (κ3) is 6.54. The van der Waals surface area contributed by atoms with Crippen molar-refractivity contribution in [3.05, 3.63) is 24.3 Å². The highest BCUT2D eigenvalue weighted by molar-refractivity contribution is 5.11. The van der Waals surface area contributed by atoms with Gasteiger partial charge in [-0.15, -0.1) is 0 Å². The van der Waals surface area contributed by atoms with Crippen molar-refractivity contribution >= 4 is 0 Å². The zero-order valence-electron chi connectivity index (χ0n) is 15.1. The molecule has 0 aliphatic heterocycles. The van der Waals surface area contributed by atoms with E-state index in [2.05, 4.69) is 13.0 Å². The average molecular weight is 314 g/mol. The highest BCUT2D eigenvalue weighted by atomic mass is 14.4. The van der Waals surface area contributed by atoms with E-state index in [4.69, 9.17) is 5.26 Å². The summed E-state index contributed by atoms with van der Waals surface area (Å²) in [4.78, 5) is 0. The van der Waals surface area contributed by atoms with Crippen LogP contribution in [0.1, 0.15) is 84.0 Å². The highest BCUT2D eigenvalue weighted by Crippen LogP contribution is 2.42. The molecule has 0 heterocycles. The molecule has 0 radical (unpaired) electrons. The number of hydrogen-bond acceptors (Lipinski definition) is 1. The van der Waals surface area contributed by atoms with Crippen LogP contribution in [0.15, 0.2) is 24.3 Å². The second-order valence-electron chi connectivity index (χ2n) is 7.84. The lowest BCUT2D eigenvalue weighted by molar-refractivity contribution is 0.141. The third-order valence-corrected chi connectivity index (χ3v) is 6.31. The van der Waals surface area contributed by atoms with Crippen LogP contribution >= 0.6 is 0 Å². The van der Waals surface area contributed by atoms with Crippen LogP contribution < -0.4 is 0 Å². The Morgan fingerprint density at radius 3 is 1.91 bits per heavy atom. The van der Waals surface area contributed by atoms with Crippen LogP contribution in [0.5, 0.6) is 0 Å². The molecule has 2 fully saturated rings. The molecule has 1 heteroatoms. The van der Waals surface area contributed by atoms with Crippen LogP contribution in [0.3, 0.4) is 0 Å². The quantitative estimate of drug-likeness (QED) is 0.374. The molecule has 2 aliphatic rings. The predicted octanol–water partition coefficient (Wildman–Crippen LogP) is 6.82. The molecule has 0 amide bonds. The Balaban J connectivity index is 1.60. The van der Waals surface area contributed by atoms with Gasteiger partial charge in [-0.25, -0.2) is 0 Å². The Kier molecular flexibility index (Phi) is 8.51. The van der Waals surface area contributed by atoms with E-state index in [0.717, 1.165) is 23.7 Å². The van der Waals surface area contributed by atoms with E-state index in [0.29, 0.717) is 0 Å². The van der Waals surface area contributed by atoms with E-state index in [1.807, 2.05) is 18.2 Å². The number of nitriles is 1. The topological polar surface area (TPSA) is 23.8 Å². The molecule has 2 saturated carbocycles. The second-order valence-corrected chi connectivity index (χ2v) is 7.84. The standard InChI is InChI=1S/C22H35N/c1-2-8-19-10-14-21(15-11-19)22-16-12-20(13-17-22)9-6-4-3-5-7-18-23/h3-5,7,19-22H,2,6,8-17H2,1H3/b4-3+,7-5+. The van der Waals surface area contributed by atoms with Gasteiger partial charge in [-0.1, -0.05) is 63.7 Å². The summed E-state index contributed by atoms with van der Waals surface area (Å²) in [7, 11) is 0. The molecule has 0 bridgehead atoms. The SMILES string of the molecule is CCCC1CCC(C2CCC(CC/C=C/C=C/C#N)CC2)CC1. The van der Waals surface area contributed by atoms with E-state index >= 15 is 0 Å². The van der Waals surface area contributed by atoms with E-state index in [9.17, 15) is 0 Å². The minimum atomic E-state index is 0.951. The molecule has 0 aromatic carbocycles. The summed E-state index contributed by atoms with van der Waals surface area (Å²) in [6.07, 6.45) is 24.9. The van der Waals surface area contributed by atoms with Crippen LogP contribution in [0.4, 0.5) is 0 Å². The molecule has 128 valence electrons. The fourth-order valence-corrected chi connectivity index (χ4v) is 4.91. The Labute approximate surface area is 143 Å². The zero-order chi connectivity index (χ0) is 16.3. The molecular formula is C22H35N. The second kappa shape index (κ2) is 10.7. The lowest BCUT2D eigenvalue weighted by atomic mass is 9.68. The first-order chi connectivity index (χ1) is 11.3. The van der Waals surface area contributed by atoms with E-state index in [1.54, 1.807) is 0 Å². The summed E-state index contributed by atoms with van der Waals surface area (Å²) < 4.78 is 0. The number of allylic oxidation sites excluding steroid dienone is 4. The monoisotopic (exact) mass is 313 g/mol. The summed E-state index contributed by atoms with van der Waals surface area (Å²) in [6, 6.07) is 2.02. The number of nitrogens with zero attached hydrogens (tertiary/aromatic N) is 1. The molecule has 0 atom stereocenters. The lowest BCUT2D eigenvalue weighted by Gasteiger charge is -2.38. The van der Waals surface area contributed by atoms with Crippen molar-refractivity contribution < 1.29 is 0 Å². The molecule has 0 N–H and O–H groups in total. The summed E-state index contributed by atoms with van der Waals surface area (Å²) in [5.74, 6) is 4.10. The minimum absolute atomic E-state index is 0.951. The Morgan fingerprint density at radius 2 is 1.39 bits per heavy atom. The largest absolute Gasteiger partial charge is 0.193 e. The zero-order valence-corrected chi connectivity index (χ0v) is 15.1. The molecule has 0 aromatic rings. The Morgan fingerprint density at radius 1 is 0.826 bits per heavy atom. The fourth-order valence-electron chi connectivity index (χ4n) is 4.91. The summed E-state index contributed by atoms with van der Waals surface area (Å²) in [5.41, 5.74) is 0. The van der Waals surface area contributed by atoms with Crippen molar-refractivity contribution in [3.8, 4) is 6.07 Å². The van der Waals surface area contributed by atoms with Crippen LogP contribution in [0.25, 0.3) is 0 Å². The molecular weight excluding hydrogens is 278 g/mol. The van der Waals surface area contributed by atoms with E-state index < -0.39 is 0 Å². The normalized spacial score (nSPS) is 32.3. The van der Waals surface area contributed by atoms with Gasteiger partial charge >= 0.3 is 0 Å². The predicted molar refractivity (Wildman–Crippen MR) is 98.9 cm³/mol. The van der Waals surface area contributed by atoms with Crippen LogP contribution in [-0.4, -0.2) is 0 Å². The first-order valence-electron chi connectivity index (χ1n) is 10.0. The smallest absolute Gasteiger partial charge is 0.0912 e. The van der Waals surface area contributed by atoms with Crippen molar-refractivity contribution in [2.45, 2.75) is 84.0 Å². The van der Waals surface area contributed by atoms with Crippen molar-refractivity contribution in [2.24, 2.45) is 23.7 Å². The maximum atomic E-state index is 8.43. The highest BCUT2D eigenvalue weighted by Gasteiger charge is 2.30. The molecule has 0 saturated heterocycles. The van der Waals surface area contributed by atoms with E-state index in [-0.39, 0.29) is 0 Å². The van der Waals surface area contributed by atoms with Gasteiger partial charge < -0.3 is 0 Å². The molecule has 1 nitrogen and oxygen atoms in total. The molecule has 2 aliphatic carbocycles. The summed E-state index contributed by atoms with van der Waals surface area (Å²) in [6.45, 7) is 2.34. The van der Waals surface area contributed by atoms with Gasteiger partial charge in [0, 0.05) is 6.08 Å². The Bertz CT molecular complexity index is 398. The van der Waals surface area contributed by atoms with Gasteiger partial charge in [-0.2, -0.15) is 5.26 Å². The van der Waals surface area contributed by atoms with E-state index in [1.165, 1.54) is 83.1 Å². The van der Waals surface area contributed by atoms with Crippen LogP contribution in [-0.2, 0) is 0 Å². The molecule has 0 spiro atoms. The van der Waals surface area contributed by atoms with Crippen LogP contribution in [0, 0.1) is 35.0 Å². The summed E-state index contributed by atoms with van der Waals surface area (Å²) >= 11 is 0. The van der Waals surface area contributed by atoms with Gasteiger partial charge in [0.2, 0.25) is 0 Å². The summed E-state index contributed by atoms with van der Waals surface area (Å²) in [5, 5.41) is 8.43. The van der Waals surface area contributed by atoms with Crippen molar-refractivity contribution in [1.29, 1.82) is 5.26 Å². The fraction of sp³-hybridized carbons (Fsp3) is 0.773. The molecule has 23 heavy (non-hydrogen) atoms. The van der Waals surface area contributed by atoms with Crippen LogP contribution in [0.2, 0.25) is 0 Å². The van der Waals surface area contributed by atoms with Crippen molar-refractivity contribution in [3.63, 3.8) is 0 Å². The first-order valence-corrected chi connectivity index (χ1v) is 10.0. The minimum Gasteiger partial charge on any atom is -0.193 e. The van der Waals surface area contributed by atoms with Gasteiger partial charge in [-0.3, -0.25) is 0 Å². The van der Waals surface area contributed by atoms with Crippen molar-refractivity contribution in [1.82, 2.24) is 0 Å². The van der Waals surface area contributed by atoms with Gasteiger partial charge in [0.25, 0.3) is 0 Å². The van der Waals surface area contributed by atoms with Gasteiger partial charge in [0.15, 0.2) is 0 Å². The Hall–Kier alpha value is -1.03.